The van der Waals surface area contributed by atoms with Crippen LogP contribution in [0.15, 0.2) is 0 Å². The molecule has 0 bridgehead atoms. The summed E-state index contributed by atoms with van der Waals surface area (Å²) in [6.07, 6.45) is 0.276. The smallest absolute Gasteiger partial charge is 0.333 e. The van der Waals surface area contributed by atoms with Gasteiger partial charge in [-0.25, -0.2) is 0 Å². The number of rotatable bonds is 8. The van der Waals surface area contributed by atoms with E-state index in [1.54, 1.807) is 20.8 Å². The third-order valence-electron chi connectivity index (χ3n) is 1.93. The Morgan fingerprint density at radius 1 is 1.33 bits per heavy atom. The summed E-state index contributed by atoms with van der Waals surface area (Å²) in [5.74, 6) is -0.901. The third-order valence-corrected chi connectivity index (χ3v) is 4.51. The van der Waals surface area contributed by atoms with Crippen LogP contribution in [-0.2, 0) is 18.4 Å². The standard InChI is InChI=1S/C9H19O5P/c1-4-13-15(12,14-5-2)8(3)6-7-9(10)11/h8H,4-7H2,1-3H3,(H,10,11). The topological polar surface area (TPSA) is 72.8 Å². The van der Waals surface area contributed by atoms with Gasteiger partial charge in [0, 0.05) is 6.42 Å². The Morgan fingerprint density at radius 2 is 1.80 bits per heavy atom. The van der Waals surface area contributed by atoms with E-state index >= 15 is 0 Å². The SMILES string of the molecule is CCOP(=O)(OCC)C(C)CCC(=O)O. The molecule has 0 saturated carbocycles. The number of hydrogen-bond acceptors (Lipinski definition) is 4. The Labute approximate surface area is 90.3 Å². The quantitative estimate of drug-likeness (QED) is 0.658. The molecule has 0 amide bonds. The predicted octanol–water partition coefficient (Wildman–Crippen LogP) is 2.51. The second kappa shape index (κ2) is 6.99. The van der Waals surface area contributed by atoms with Gasteiger partial charge in [-0.1, -0.05) is 6.92 Å². The Balaban J connectivity index is 4.34. The van der Waals surface area contributed by atoms with Crippen LogP contribution in [0, 0.1) is 0 Å². The van der Waals surface area contributed by atoms with Crippen LogP contribution in [0.25, 0.3) is 0 Å². The first-order valence-electron chi connectivity index (χ1n) is 5.06. The van der Waals surface area contributed by atoms with E-state index in [0.717, 1.165) is 0 Å². The highest BCUT2D eigenvalue weighted by Gasteiger charge is 2.31. The first-order chi connectivity index (χ1) is 6.96. The van der Waals surface area contributed by atoms with Gasteiger partial charge < -0.3 is 14.2 Å². The van der Waals surface area contributed by atoms with Gasteiger partial charge in [0.2, 0.25) is 0 Å². The molecule has 0 aromatic carbocycles. The fraction of sp³-hybridized carbons (Fsp3) is 0.889. The molecule has 0 saturated heterocycles. The lowest BCUT2D eigenvalue weighted by Gasteiger charge is -2.22. The van der Waals surface area contributed by atoms with Gasteiger partial charge in [-0.3, -0.25) is 9.36 Å². The molecule has 0 rings (SSSR count). The zero-order chi connectivity index (χ0) is 11.9. The monoisotopic (exact) mass is 238 g/mol. The van der Waals surface area contributed by atoms with Crippen molar-refractivity contribution in [3.05, 3.63) is 0 Å². The molecule has 90 valence electrons. The van der Waals surface area contributed by atoms with E-state index in [9.17, 15) is 9.36 Å². The number of aliphatic carboxylic acids is 1. The number of carboxylic acid groups (broad SMARTS) is 1. The van der Waals surface area contributed by atoms with E-state index in [2.05, 4.69) is 0 Å². The van der Waals surface area contributed by atoms with Crippen molar-refractivity contribution in [1.82, 2.24) is 0 Å². The zero-order valence-electron chi connectivity index (χ0n) is 9.43. The van der Waals surface area contributed by atoms with Gasteiger partial charge in [0.1, 0.15) is 0 Å². The molecule has 5 nitrogen and oxygen atoms in total. The Bertz CT molecular complexity index is 231. The van der Waals surface area contributed by atoms with Crippen LogP contribution in [0.4, 0.5) is 0 Å². The molecule has 0 aliphatic carbocycles. The van der Waals surface area contributed by atoms with Crippen LogP contribution in [0.5, 0.6) is 0 Å². The van der Waals surface area contributed by atoms with Crippen molar-refractivity contribution in [2.24, 2.45) is 0 Å². The van der Waals surface area contributed by atoms with Crippen LogP contribution in [0.1, 0.15) is 33.6 Å². The van der Waals surface area contributed by atoms with E-state index in [4.69, 9.17) is 14.2 Å². The minimum Gasteiger partial charge on any atom is -0.481 e. The van der Waals surface area contributed by atoms with Crippen LogP contribution in [0.3, 0.4) is 0 Å². The van der Waals surface area contributed by atoms with Crippen molar-refractivity contribution >= 4 is 13.6 Å². The maximum atomic E-state index is 12.1. The van der Waals surface area contributed by atoms with Crippen LogP contribution < -0.4 is 0 Å². The van der Waals surface area contributed by atoms with Crippen molar-refractivity contribution in [2.45, 2.75) is 39.3 Å². The van der Waals surface area contributed by atoms with Crippen LogP contribution >= 0.6 is 7.60 Å². The summed E-state index contributed by atoms with van der Waals surface area (Å²) >= 11 is 0. The second-order valence-electron chi connectivity index (χ2n) is 3.16. The maximum absolute atomic E-state index is 12.1. The van der Waals surface area contributed by atoms with E-state index in [0.29, 0.717) is 19.6 Å². The summed E-state index contributed by atoms with van der Waals surface area (Å²) in [5.41, 5.74) is -0.381. The molecule has 0 aliphatic rings. The first-order valence-corrected chi connectivity index (χ1v) is 6.68. The van der Waals surface area contributed by atoms with Gasteiger partial charge in [0.15, 0.2) is 0 Å². The largest absolute Gasteiger partial charge is 0.481 e. The summed E-state index contributed by atoms with van der Waals surface area (Å²) in [5, 5.41) is 8.52. The average Bonchev–Trinajstić information content (AvgIpc) is 2.14. The Kier molecular flexibility index (Phi) is 6.81. The molecule has 0 heterocycles. The molecule has 1 atom stereocenters. The minimum absolute atomic E-state index is 0.0225. The number of hydrogen-bond donors (Lipinski definition) is 1. The van der Waals surface area contributed by atoms with Crippen molar-refractivity contribution in [3.8, 4) is 0 Å². The molecule has 15 heavy (non-hydrogen) atoms. The fourth-order valence-electron chi connectivity index (χ4n) is 1.14. The lowest BCUT2D eigenvalue weighted by atomic mass is 10.2. The maximum Gasteiger partial charge on any atom is 0.333 e. The van der Waals surface area contributed by atoms with Gasteiger partial charge in [0.05, 0.1) is 18.9 Å². The molecule has 6 heteroatoms. The van der Waals surface area contributed by atoms with Gasteiger partial charge in [-0.15, -0.1) is 0 Å². The number of carboxylic acids is 1. The van der Waals surface area contributed by atoms with Gasteiger partial charge in [-0.2, -0.15) is 0 Å². The summed E-state index contributed by atoms with van der Waals surface area (Å²) in [4.78, 5) is 10.4. The van der Waals surface area contributed by atoms with Gasteiger partial charge in [-0.05, 0) is 20.3 Å². The second-order valence-corrected chi connectivity index (χ2v) is 5.63. The fourth-order valence-corrected chi connectivity index (χ4v) is 2.89. The van der Waals surface area contributed by atoms with Crippen LogP contribution in [0.2, 0.25) is 0 Å². The zero-order valence-corrected chi connectivity index (χ0v) is 10.3. The van der Waals surface area contributed by atoms with Crippen molar-refractivity contribution in [1.29, 1.82) is 0 Å². The molecule has 0 aliphatic heterocycles. The normalized spacial score (nSPS) is 13.8. The summed E-state index contributed by atoms with van der Waals surface area (Å²) in [7, 11) is -3.13. The highest BCUT2D eigenvalue weighted by atomic mass is 31.2. The van der Waals surface area contributed by atoms with E-state index < -0.39 is 13.6 Å². The lowest BCUT2D eigenvalue weighted by molar-refractivity contribution is -0.137. The molecule has 0 radical (unpaired) electrons. The molecule has 0 fully saturated rings. The first kappa shape index (κ1) is 14.6. The molecule has 1 N–H and O–H groups in total. The molecular weight excluding hydrogens is 219 g/mol. The third kappa shape index (κ3) is 5.30. The van der Waals surface area contributed by atoms with E-state index in [1.165, 1.54) is 0 Å². The van der Waals surface area contributed by atoms with Crippen LogP contribution in [-0.4, -0.2) is 29.9 Å². The summed E-state index contributed by atoms with van der Waals surface area (Å²) in [6, 6.07) is 0. The van der Waals surface area contributed by atoms with Crippen molar-refractivity contribution < 1.29 is 23.5 Å². The molecule has 0 aromatic heterocycles. The average molecular weight is 238 g/mol. The van der Waals surface area contributed by atoms with E-state index in [-0.39, 0.29) is 12.1 Å². The molecule has 0 aromatic rings. The minimum atomic E-state index is -3.13. The highest BCUT2D eigenvalue weighted by molar-refractivity contribution is 7.54. The van der Waals surface area contributed by atoms with Crippen molar-refractivity contribution in [3.63, 3.8) is 0 Å². The van der Waals surface area contributed by atoms with Gasteiger partial charge >= 0.3 is 13.6 Å². The summed E-state index contributed by atoms with van der Waals surface area (Å²) in [6.45, 7) is 5.75. The van der Waals surface area contributed by atoms with Crippen molar-refractivity contribution in [2.75, 3.05) is 13.2 Å². The Hall–Kier alpha value is -0.380. The highest BCUT2D eigenvalue weighted by Crippen LogP contribution is 2.54. The van der Waals surface area contributed by atoms with Gasteiger partial charge in [0.25, 0.3) is 0 Å². The molecule has 1 unspecified atom stereocenters. The van der Waals surface area contributed by atoms with E-state index in [1.807, 2.05) is 0 Å². The molecule has 0 spiro atoms. The summed E-state index contributed by atoms with van der Waals surface area (Å²) < 4.78 is 22.3. The lowest BCUT2D eigenvalue weighted by Crippen LogP contribution is -2.11. The molecular formula is C9H19O5P. The number of carbonyl (C=O) groups is 1. The predicted molar refractivity (Wildman–Crippen MR) is 57.2 cm³/mol. The Morgan fingerprint density at radius 3 is 2.13 bits per heavy atom.